The van der Waals surface area contributed by atoms with Gasteiger partial charge in [-0.1, -0.05) is 42.0 Å². The number of hydrogen-bond acceptors (Lipinski definition) is 2. The number of aryl methyl sites for hydroxylation is 1. The van der Waals surface area contributed by atoms with Crippen LogP contribution >= 0.6 is 0 Å². The molecule has 1 aliphatic rings. The highest BCUT2D eigenvalue weighted by atomic mass is 16.5. The third-order valence-corrected chi connectivity index (χ3v) is 3.73. The van der Waals surface area contributed by atoms with Gasteiger partial charge in [-0.3, -0.25) is 4.79 Å². The Morgan fingerprint density at radius 2 is 2.05 bits per heavy atom. The molecule has 3 heteroatoms. The van der Waals surface area contributed by atoms with Gasteiger partial charge in [0.25, 0.3) is 0 Å². The van der Waals surface area contributed by atoms with Gasteiger partial charge in [0, 0.05) is 11.5 Å². The van der Waals surface area contributed by atoms with E-state index >= 15 is 0 Å². The molecule has 1 unspecified atom stereocenters. The van der Waals surface area contributed by atoms with E-state index < -0.39 is 5.97 Å². The van der Waals surface area contributed by atoms with E-state index in [9.17, 15) is 9.90 Å². The minimum absolute atomic E-state index is 0.0802. The highest BCUT2D eigenvalue weighted by molar-refractivity contribution is 5.70. The summed E-state index contributed by atoms with van der Waals surface area (Å²) in [4.78, 5) is 11.2. The Morgan fingerprint density at radius 1 is 1.25 bits per heavy atom. The van der Waals surface area contributed by atoms with Crippen LogP contribution in [-0.4, -0.2) is 11.1 Å². The summed E-state index contributed by atoms with van der Waals surface area (Å²) in [6.07, 6.45) is 0.0802. The van der Waals surface area contributed by atoms with Crippen LogP contribution in [0.1, 0.15) is 34.6 Å². The zero-order chi connectivity index (χ0) is 14.1. The molecular weight excluding hydrogens is 252 g/mol. The topological polar surface area (TPSA) is 46.5 Å². The Labute approximate surface area is 117 Å². The van der Waals surface area contributed by atoms with E-state index in [1.54, 1.807) is 0 Å². The Morgan fingerprint density at radius 3 is 2.85 bits per heavy atom. The summed E-state index contributed by atoms with van der Waals surface area (Å²) >= 11 is 0. The van der Waals surface area contributed by atoms with Crippen molar-refractivity contribution in [2.24, 2.45) is 0 Å². The van der Waals surface area contributed by atoms with Gasteiger partial charge in [0.05, 0.1) is 6.42 Å². The first-order chi connectivity index (χ1) is 9.65. The molecule has 1 N–H and O–H groups in total. The smallest absolute Gasteiger partial charge is 0.304 e. The molecular formula is C17H16O3. The van der Waals surface area contributed by atoms with E-state index in [1.807, 2.05) is 49.4 Å². The number of fused-ring (bicyclic) bond motifs is 2. The van der Waals surface area contributed by atoms with Crippen molar-refractivity contribution in [3.8, 4) is 5.75 Å². The molecule has 1 aliphatic heterocycles. The first kappa shape index (κ1) is 12.7. The fourth-order valence-electron chi connectivity index (χ4n) is 2.79. The average molecular weight is 268 g/mol. The Bertz CT molecular complexity index is 661. The lowest BCUT2D eigenvalue weighted by molar-refractivity contribution is -0.137. The molecule has 0 fully saturated rings. The molecule has 0 amide bonds. The van der Waals surface area contributed by atoms with Crippen LogP contribution in [0.3, 0.4) is 0 Å². The molecule has 0 saturated heterocycles. The van der Waals surface area contributed by atoms with E-state index in [0.29, 0.717) is 6.61 Å². The molecule has 102 valence electrons. The van der Waals surface area contributed by atoms with E-state index in [1.165, 1.54) is 0 Å². The Balaban J connectivity index is 2.18. The second-order valence-corrected chi connectivity index (χ2v) is 5.18. The number of rotatable bonds is 2. The maximum Gasteiger partial charge on any atom is 0.304 e. The van der Waals surface area contributed by atoms with Crippen molar-refractivity contribution >= 4 is 5.97 Å². The molecule has 1 heterocycles. The van der Waals surface area contributed by atoms with E-state index in [2.05, 4.69) is 0 Å². The molecule has 0 radical (unpaired) electrons. The molecule has 1 atom stereocenters. The number of aliphatic carboxylic acids is 1. The molecule has 20 heavy (non-hydrogen) atoms. The Hall–Kier alpha value is -2.29. The predicted octanol–water partition coefficient (Wildman–Crippen LogP) is 3.49. The molecule has 3 nitrogen and oxygen atoms in total. The summed E-state index contributed by atoms with van der Waals surface area (Å²) in [5.41, 5.74) is 4.20. The number of ether oxygens (including phenoxy) is 1. The number of carboxylic acids is 1. The minimum Gasteiger partial charge on any atom is -0.489 e. The zero-order valence-corrected chi connectivity index (χ0v) is 11.3. The lowest BCUT2D eigenvalue weighted by atomic mass is 9.85. The van der Waals surface area contributed by atoms with Crippen molar-refractivity contribution in [3.05, 3.63) is 64.7 Å². The van der Waals surface area contributed by atoms with E-state index in [-0.39, 0.29) is 12.3 Å². The van der Waals surface area contributed by atoms with E-state index in [0.717, 1.165) is 28.0 Å². The number of carboxylic acid groups (broad SMARTS) is 1. The highest BCUT2D eigenvalue weighted by Gasteiger charge is 2.26. The van der Waals surface area contributed by atoms with Crippen LogP contribution in [0.25, 0.3) is 0 Å². The largest absolute Gasteiger partial charge is 0.489 e. The summed E-state index contributed by atoms with van der Waals surface area (Å²) < 4.78 is 5.85. The summed E-state index contributed by atoms with van der Waals surface area (Å²) in [7, 11) is 0. The molecule has 0 spiro atoms. The molecule has 2 aromatic rings. The maximum atomic E-state index is 11.2. The molecule has 0 saturated carbocycles. The van der Waals surface area contributed by atoms with Crippen molar-refractivity contribution in [2.75, 3.05) is 0 Å². The summed E-state index contributed by atoms with van der Waals surface area (Å²) in [5, 5.41) is 9.24. The fourth-order valence-corrected chi connectivity index (χ4v) is 2.79. The predicted molar refractivity (Wildman–Crippen MR) is 76.0 cm³/mol. The van der Waals surface area contributed by atoms with Crippen molar-refractivity contribution in [1.29, 1.82) is 0 Å². The van der Waals surface area contributed by atoms with Crippen LogP contribution in [-0.2, 0) is 11.4 Å². The van der Waals surface area contributed by atoms with Crippen LogP contribution in [0.2, 0.25) is 0 Å². The van der Waals surface area contributed by atoms with Gasteiger partial charge in [-0.15, -0.1) is 0 Å². The highest BCUT2D eigenvalue weighted by Crippen LogP contribution is 2.39. The van der Waals surface area contributed by atoms with Crippen molar-refractivity contribution in [1.82, 2.24) is 0 Å². The van der Waals surface area contributed by atoms with Gasteiger partial charge >= 0.3 is 5.97 Å². The van der Waals surface area contributed by atoms with Crippen LogP contribution in [0, 0.1) is 6.92 Å². The normalized spacial score (nSPS) is 16.6. The second kappa shape index (κ2) is 5.00. The van der Waals surface area contributed by atoms with Crippen LogP contribution in [0.5, 0.6) is 5.75 Å². The summed E-state index contributed by atoms with van der Waals surface area (Å²) in [5.74, 6) is -0.154. The van der Waals surface area contributed by atoms with Gasteiger partial charge in [0.2, 0.25) is 0 Å². The first-order valence-electron chi connectivity index (χ1n) is 6.68. The number of benzene rings is 2. The number of hydrogen-bond donors (Lipinski definition) is 1. The molecule has 2 aromatic carbocycles. The average Bonchev–Trinajstić information content (AvgIpc) is 2.57. The third-order valence-electron chi connectivity index (χ3n) is 3.73. The lowest BCUT2D eigenvalue weighted by Crippen LogP contribution is -2.09. The molecule has 3 rings (SSSR count). The standard InChI is InChI=1S/C17H16O3/c1-11-6-7-16-15(8-11)14(9-17(18)19)13-5-3-2-4-12(13)10-20-16/h2-8,14H,9-10H2,1H3,(H,18,19). The van der Waals surface area contributed by atoms with Gasteiger partial charge in [-0.05, 0) is 24.1 Å². The van der Waals surface area contributed by atoms with Crippen LogP contribution < -0.4 is 4.74 Å². The van der Waals surface area contributed by atoms with Gasteiger partial charge in [-0.25, -0.2) is 0 Å². The number of carbonyl (C=O) groups is 1. The maximum absolute atomic E-state index is 11.2. The van der Waals surface area contributed by atoms with Gasteiger partial charge in [0.15, 0.2) is 0 Å². The van der Waals surface area contributed by atoms with E-state index in [4.69, 9.17) is 4.74 Å². The minimum atomic E-state index is -0.792. The second-order valence-electron chi connectivity index (χ2n) is 5.18. The quantitative estimate of drug-likeness (QED) is 0.906. The molecule has 0 aromatic heterocycles. The van der Waals surface area contributed by atoms with Gasteiger partial charge in [0.1, 0.15) is 12.4 Å². The first-order valence-corrected chi connectivity index (χ1v) is 6.68. The summed E-state index contributed by atoms with van der Waals surface area (Å²) in [6, 6.07) is 13.9. The fraction of sp³-hybridized carbons (Fsp3) is 0.235. The molecule has 0 aliphatic carbocycles. The van der Waals surface area contributed by atoms with Crippen molar-refractivity contribution in [2.45, 2.75) is 25.9 Å². The van der Waals surface area contributed by atoms with Crippen LogP contribution in [0.4, 0.5) is 0 Å². The van der Waals surface area contributed by atoms with Crippen molar-refractivity contribution in [3.63, 3.8) is 0 Å². The van der Waals surface area contributed by atoms with Crippen molar-refractivity contribution < 1.29 is 14.6 Å². The third kappa shape index (κ3) is 2.27. The monoisotopic (exact) mass is 268 g/mol. The van der Waals surface area contributed by atoms with Crippen LogP contribution in [0.15, 0.2) is 42.5 Å². The van der Waals surface area contributed by atoms with Gasteiger partial charge in [-0.2, -0.15) is 0 Å². The zero-order valence-electron chi connectivity index (χ0n) is 11.3. The Kier molecular flexibility index (Phi) is 3.18. The van der Waals surface area contributed by atoms with Gasteiger partial charge < -0.3 is 9.84 Å². The molecule has 0 bridgehead atoms. The summed E-state index contributed by atoms with van der Waals surface area (Å²) in [6.45, 7) is 2.50. The lowest BCUT2D eigenvalue weighted by Gasteiger charge is -2.17. The SMILES string of the molecule is Cc1ccc2c(c1)C(CC(=O)O)c1ccccc1CO2.